The van der Waals surface area contributed by atoms with Gasteiger partial charge in [0, 0.05) is 17.8 Å². The van der Waals surface area contributed by atoms with Crippen LogP contribution >= 0.6 is 11.6 Å². The summed E-state index contributed by atoms with van der Waals surface area (Å²) in [5.74, 6) is -0.00217. The molecule has 1 aromatic heterocycles. The van der Waals surface area contributed by atoms with E-state index in [2.05, 4.69) is 4.98 Å². The Balaban J connectivity index is 2.52. The molecular formula is C12H12ClNO2. The number of nitrogens with zero attached hydrogens (tertiary/aromatic N) is 1. The van der Waals surface area contributed by atoms with Gasteiger partial charge in [0.2, 0.25) is 0 Å². The number of pyridine rings is 1. The van der Waals surface area contributed by atoms with E-state index in [4.69, 9.17) is 11.6 Å². The highest BCUT2D eigenvalue weighted by molar-refractivity contribution is 6.18. The fraction of sp³-hybridized carbons (Fsp3) is 0.250. The van der Waals surface area contributed by atoms with Crippen molar-refractivity contribution in [3.8, 4) is 0 Å². The normalized spacial score (nSPS) is 14.9. The number of aliphatic hydroxyl groups is 2. The second-order valence-electron chi connectivity index (χ2n) is 3.61. The molecule has 3 nitrogen and oxygen atoms in total. The smallest absolute Gasteiger partial charge is 0.107 e. The van der Waals surface area contributed by atoms with Gasteiger partial charge in [-0.2, -0.15) is 0 Å². The summed E-state index contributed by atoms with van der Waals surface area (Å²) in [6.45, 7) is 0. The average Bonchev–Trinajstić information content (AvgIpc) is 2.36. The molecule has 0 bridgehead atoms. The Morgan fingerprint density at radius 2 is 2.06 bits per heavy atom. The number of aliphatic hydroxyl groups excluding tert-OH is 2. The SMILES string of the molecule is OC(CCl)C(O)c1cccc2ccncc12. The van der Waals surface area contributed by atoms with Gasteiger partial charge >= 0.3 is 0 Å². The molecule has 2 aromatic rings. The third-order valence-electron chi connectivity index (χ3n) is 2.56. The largest absolute Gasteiger partial charge is 0.389 e. The van der Waals surface area contributed by atoms with Crippen LogP contribution in [-0.4, -0.2) is 27.2 Å². The van der Waals surface area contributed by atoms with Gasteiger partial charge < -0.3 is 10.2 Å². The molecule has 2 atom stereocenters. The van der Waals surface area contributed by atoms with Gasteiger partial charge in [-0.25, -0.2) is 0 Å². The maximum absolute atomic E-state index is 9.92. The Labute approximate surface area is 98.3 Å². The van der Waals surface area contributed by atoms with Crippen LogP contribution in [0.25, 0.3) is 10.8 Å². The predicted octanol–water partition coefficient (Wildman–Crippen LogP) is 1.87. The lowest BCUT2D eigenvalue weighted by molar-refractivity contribution is 0.0336. The van der Waals surface area contributed by atoms with Crippen LogP contribution in [0.5, 0.6) is 0 Å². The van der Waals surface area contributed by atoms with Crippen molar-refractivity contribution in [1.82, 2.24) is 4.98 Å². The Hall–Kier alpha value is -1.16. The number of benzene rings is 1. The van der Waals surface area contributed by atoms with Gasteiger partial charge in [0.25, 0.3) is 0 Å². The van der Waals surface area contributed by atoms with E-state index in [-0.39, 0.29) is 5.88 Å². The van der Waals surface area contributed by atoms with Gasteiger partial charge in [-0.1, -0.05) is 18.2 Å². The predicted molar refractivity (Wildman–Crippen MR) is 63.4 cm³/mol. The molecule has 0 spiro atoms. The van der Waals surface area contributed by atoms with Crippen LogP contribution in [0.2, 0.25) is 0 Å². The molecule has 84 valence electrons. The standard InChI is InChI=1S/C12H12ClNO2/c13-6-11(15)12(16)9-3-1-2-8-4-5-14-7-10(8)9/h1-5,7,11-12,15-16H,6H2. The zero-order valence-electron chi connectivity index (χ0n) is 8.55. The number of hydrogen-bond acceptors (Lipinski definition) is 3. The topological polar surface area (TPSA) is 53.4 Å². The molecule has 0 amide bonds. The molecule has 0 saturated carbocycles. The first-order valence-corrected chi connectivity index (χ1v) is 5.52. The molecule has 0 aliphatic rings. The van der Waals surface area contributed by atoms with Crippen molar-refractivity contribution in [1.29, 1.82) is 0 Å². The summed E-state index contributed by atoms with van der Waals surface area (Å²) >= 11 is 5.52. The van der Waals surface area contributed by atoms with Crippen molar-refractivity contribution in [2.45, 2.75) is 12.2 Å². The summed E-state index contributed by atoms with van der Waals surface area (Å²) in [6.07, 6.45) is 1.42. The minimum absolute atomic E-state index is 0.00217. The molecular weight excluding hydrogens is 226 g/mol. The second-order valence-corrected chi connectivity index (χ2v) is 3.92. The zero-order chi connectivity index (χ0) is 11.5. The van der Waals surface area contributed by atoms with Crippen molar-refractivity contribution in [2.24, 2.45) is 0 Å². The minimum atomic E-state index is -0.981. The fourth-order valence-electron chi connectivity index (χ4n) is 1.69. The van der Waals surface area contributed by atoms with Gasteiger partial charge in [-0.05, 0) is 17.0 Å². The van der Waals surface area contributed by atoms with Crippen LogP contribution in [0.4, 0.5) is 0 Å². The van der Waals surface area contributed by atoms with E-state index in [9.17, 15) is 10.2 Å². The second kappa shape index (κ2) is 4.78. The van der Waals surface area contributed by atoms with E-state index >= 15 is 0 Å². The summed E-state index contributed by atoms with van der Waals surface area (Å²) < 4.78 is 0. The first kappa shape index (κ1) is 11.3. The van der Waals surface area contributed by atoms with Crippen LogP contribution in [0.1, 0.15) is 11.7 Å². The van der Waals surface area contributed by atoms with Gasteiger partial charge in [0.05, 0.1) is 12.0 Å². The summed E-state index contributed by atoms with van der Waals surface area (Å²) in [6, 6.07) is 7.39. The Bertz CT molecular complexity index is 484. The number of rotatable bonds is 3. The lowest BCUT2D eigenvalue weighted by atomic mass is 9.99. The molecule has 1 heterocycles. The molecule has 0 saturated heterocycles. The van der Waals surface area contributed by atoms with Crippen LogP contribution in [0, 0.1) is 0 Å². The quantitative estimate of drug-likeness (QED) is 0.802. The zero-order valence-corrected chi connectivity index (χ0v) is 9.30. The van der Waals surface area contributed by atoms with Gasteiger partial charge in [-0.3, -0.25) is 4.98 Å². The molecule has 4 heteroatoms. The van der Waals surface area contributed by atoms with Gasteiger partial charge in [0.1, 0.15) is 6.10 Å². The summed E-state index contributed by atoms with van der Waals surface area (Å²) in [5.41, 5.74) is 0.652. The number of fused-ring (bicyclic) bond motifs is 1. The maximum atomic E-state index is 9.92. The summed E-state index contributed by atoms with van der Waals surface area (Å²) in [5, 5.41) is 21.3. The monoisotopic (exact) mass is 237 g/mol. The van der Waals surface area contributed by atoms with Gasteiger partial charge in [0.15, 0.2) is 0 Å². The average molecular weight is 238 g/mol. The van der Waals surface area contributed by atoms with Crippen LogP contribution < -0.4 is 0 Å². The maximum Gasteiger partial charge on any atom is 0.107 e. The highest BCUT2D eigenvalue weighted by Gasteiger charge is 2.19. The van der Waals surface area contributed by atoms with Crippen molar-refractivity contribution >= 4 is 22.4 Å². The third kappa shape index (κ3) is 2.02. The minimum Gasteiger partial charge on any atom is -0.389 e. The molecule has 2 rings (SSSR count). The number of aromatic nitrogens is 1. The molecule has 2 unspecified atom stereocenters. The summed E-state index contributed by atoms with van der Waals surface area (Å²) in [7, 11) is 0. The van der Waals surface area contributed by atoms with Gasteiger partial charge in [-0.15, -0.1) is 11.6 Å². The van der Waals surface area contributed by atoms with E-state index in [0.29, 0.717) is 5.56 Å². The van der Waals surface area contributed by atoms with Crippen molar-refractivity contribution in [3.05, 3.63) is 42.2 Å². The Morgan fingerprint density at radius 3 is 2.81 bits per heavy atom. The number of alkyl halides is 1. The molecule has 1 aromatic carbocycles. The van der Waals surface area contributed by atoms with Crippen LogP contribution in [0.15, 0.2) is 36.7 Å². The molecule has 0 fully saturated rings. The number of halogens is 1. The van der Waals surface area contributed by atoms with E-state index in [1.165, 1.54) is 0 Å². The van der Waals surface area contributed by atoms with E-state index in [1.807, 2.05) is 18.2 Å². The first-order chi connectivity index (χ1) is 7.74. The molecule has 0 radical (unpaired) electrons. The Kier molecular flexibility index (Phi) is 3.39. The molecule has 0 aliphatic heterocycles. The van der Waals surface area contributed by atoms with Crippen molar-refractivity contribution in [3.63, 3.8) is 0 Å². The lowest BCUT2D eigenvalue weighted by Gasteiger charge is -2.17. The van der Waals surface area contributed by atoms with E-state index in [0.717, 1.165) is 10.8 Å². The third-order valence-corrected chi connectivity index (χ3v) is 2.87. The van der Waals surface area contributed by atoms with Crippen LogP contribution in [0.3, 0.4) is 0 Å². The molecule has 16 heavy (non-hydrogen) atoms. The van der Waals surface area contributed by atoms with Crippen molar-refractivity contribution < 1.29 is 10.2 Å². The van der Waals surface area contributed by atoms with E-state index in [1.54, 1.807) is 18.5 Å². The summed E-state index contributed by atoms with van der Waals surface area (Å²) in [4.78, 5) is 4.02. The Morgan fingerprint density at radius 1 is 1.25 bits per heavy atom. The van der Waals surface area contributed by atoms with E-state index < -0.39 is 12.2 Å². The fourth-order valence-corrected chi connectivity index (χ4v) is 1.86. The highest BCUT2D eigenvalue weighted by Crippen LogP contribution is 2.25. The molecule has 2 N–H and O–H groups in total. The molecule has 0 aliphatic carbocycles. The lowest BCUT2D eigenvalue weighted by Crippen LogP contribution is -2.19. The van der Waals surface area contributed by atoms with Crippen LogP contribution in [-0.2, 0) is 0 Å². The first-order valence-electron chi connectivity index (χ1n) is 4.99. The highest BCUT2D eigenvalue weighted by atomic mass is 35.5. The van der Waals surface area contributed by atoms with Crippen molar-refractivity contribution in [2.75, 3.05) is 5.88 Å². The number of hydrogen-bond donors (Lipinski definition) is 2.